The molecule has 1 atom stereocenters. The number of methoxy groups -OCH3 is 1. The molecule has 0 saturated carbocycles. The van der Waals surface area contributed by atoms with E-state index in [2.05, 4.69) is 10.3 Å². The van der Waals surface area contributed by atoms with Crippen LogP contribution in [0.15, 0.2) is 66.9 Å². The Morgan fingerprint density at radius 3 is 2.55 bits per heavy atom. The molecule has 1 amide bonds. The third-order valence-electron chi connectivity index (χ3n) is 5.68. The molecule has 0 spiro atoms. The van der Waals surface area contributed by atoms with Gasteiger partial charge in [0.2, 0.25) is 5.91 Å². The second-order valence-corrected chi connectivity index (χ2v) is 8.25. The minimum atomic E-state index is -0.238. The van der Waals surface area contributed by atoms with Crippen LogP contribution < -0.4 is 10.1 Å². The molecular formula is C26H24ClN3O3. The van der Waals surface area contributed by atoms with Gasteiger partial charge in [-0.2, -0.15) is 0 Å². The standard InChI is InChI=1S/C26H24ClN3O3/c1-16(23-6-4-5-13-28-23)29-25(31)15-21-17(2)30(24-12-11-20(33-3)14-22(21)24)26(32)18-7-9-19(27)10-8-18/h4-14,16H,15H2,1-3H3,(H,29,31). The fourth-order valence-corrected chi connectivity index (χ4v) is 4.08. The minimum absolute atomic E-state index is 0.119. The normalized spacial score (nSPS) is 11.9. The summed E-state index contributed by atoms with van der Waals surface area (Å²) in [6.07, 6.45) is 1.82. The number of rotatable bonds is 6. The Hall–Kier alpha value is -3.64. The van der Waals surface area contributed by atoms with E-state index < -0.39 is 0 Å². The van der Waals surface area contributed by atoms with Crippen LogP contribution in [0.5, 0.6) is 5.75 Å². The molecule has 0 radical (unpaired) electrons. The molecule has 2 heterocycles. The summed E-state index contributed by atoms with van der Waals surface area (Å²) in [6.45, 7) is 3.74. The van der Waals surface area contributed by atoms with Gasteiger partial charge in [0, 0.05) is 27.9 Å². The first-order chi connectivity index (χ1) is 15.9. The van der Waals surface area contributed by atoms with Crippen molar-refractivity contribution in [3.05, 3.63) is 94.4 Å². The fourth-order valence-electron chi connectivity index (χ4n) is 3.95. The van der Waals surface area contributed by atoms with Crippen LogP contribution in [0.4, 0.5) is 0 Å². The van der Waals surface area contributed by atoms with Crippen molar-refractivity contribution >= 4 is 34.3 Å². The Kier molecular flexibility index (Phi) is 6.47. The van der Waals surface area contributed by atoms with Crippen molar-refractivity contribution < 1.29 is 14.3 Å². The molecule has 168 valence electrons. The van der Waals surface area contributed by atoms with Gasteiger partial charge in [-0.3, -0.25) is 19.1 Å². The average Bonchev–Trinajstić information content (AvgIpc) is 3.10. The predicted octanol–water partition coefficient (Wildman–Crippen LogP) is 5.12. The number of nitrogens with zero attached hydrogens (tertiary/aromatic N) is 2. The number of ether oxygens (including phenoxy) is 1. The fraction of sp³-hybridized carbons (Fsp3) is 0.192. The molecule has 0 aliphatic carbocycles. The summed E-state index contributed by atoms with van der Waals surface area (Å²) < 4.78 is 7.04. The Morgan fingerprint density at radius 2 is 1.88 bits per heavy atom. The molecule has 0 fully saturated rings. The number of pyridine rings is 1. The van der Waals surface area contributed by atoms with Crippen LogP contribution in [-0.2, 0) is 11.2 Å². The summed E-state index contributed by atoms with van der Waals surface area (Å²) in [4.78, 5) is 30.6. The van der Waals surface area contributed by atoms with E-state index in [0.717, 1.165) is 16.6 Å². The van der Waals surface area contributed by atoms with Crippen LogP contribution >= 0.6 is 11.6 Å². The summed E-state index contributed by atoms with van der Waals surface area (Å²) in [5, 5.41) is 4.36. The maximum absolute atomic E-state index is 13.4. The summed E-state index contributed by atoms with van der Waals surface area (Å²) >= 11 is 5.99. The molecule has 0 bridgehead atoms. The molecule has 2 aromatic heterocycles. The highest BCUT2D eigenvalue weighted by Gasteiger charge is 2.22. The molecule has 0 saturated heterocycles. The number of hydrogen-bond donors (Lipinski definition) is 1. The zero-order valence-electron chi connectivity index (χ0n) is 18.6. The van der Waals surface area contributed by atoms with Gasteiger partial charge < -0.3 is 10.1 Å². The number of aromatic nitrogens is 2. The lowest BCUT2D eigenvalue weighted by atomic mass is 10.1. The van der Waals surface area contributed by atoms with E-state index in [9.17, 15) is 9.59 Å². The highest BCUT2D eigenvalue weighted by atomic mass is 35.5. The number of nitrogens with one attached hydrogen (secondary N) is 1. The van der Waals surface area contributed by atoms with Crippen molar-refractivity contribution in [3.8, 4) is 5.75 Å². The molecule has 7 heteroatoms. The summed E-state index contributed by atoms with van der Waals surface area (Å²) in [5.74, 6) is 0.312. The van der Waals surface area contributed by atoms with Crippen molar-refractivity contribution in [1.29, 1.82) is 0 Å². The molecule has 2 aromatic carbocycles. The number of carbonyl (C=O) groups excluding carboxylic acids is 2. The zero-order chi connectivity index (χ0) is 23.5. The average molecular weight is 462 g/mol. The highest BCUT2D eigenvalue weighted by molar-refractivity contribution is 6.30. The SMILES string of the molecule is COc1ccc2c(c1)c(CC(=O)NC(C)c1ccccn1)c(C)n2C(=O)c1ccc(Cl)cc1. The highest BCUT2D eigenvalue weighted by Crippen LogP contribution is 2.31. The number of halogens is 1. The molecular weight excluding hydrogens is 438 g/mol. The van der Waals surface area contributed by atoms with Crippen LogP contribution in [0.3, 0.4) is 0 Å². The Labute approximate surface area is 197 Å². The van der Waals surface area contributed by atoms with Crippen molar-refractivity contribution in [3.63, 3.8) is 0 Å². The van der Waals surface area contributed by atoms with Crippen molar-refractivity contribution in [2.75, 3.05) is 7.11 Å². The van der Waals surface area contributed by atoms with Crippen LogP contribution in [0, 0.1) is 6.92 Å². The van der Waals surface area contributed by atoms with Crippen LogP contribution in [0.2, 0.25) is 5.02 Å². The lowest BCUT2D eigenvalue weighted by molar-refractivity contribution is -0.121. The Morgan fingerprint density at radius 1 is 1.12 bits per heavy atom. The lowest BCUT2D eigenvalue weighted by Gasteiger charge is -2.13. The molecule has 4 rings (SSSR count). The zero-order valence-corrected chi connectivity index (χ0v) is 19.4. The molecule has 1 N–H and O–H groups in total. The molecule has 33 heavy (non-hydrogen) atoms. The second-order valence-electron chi connectivity index (χ2n) is 7.82. The molecule has 0 aliphatic heterocycles. The maximum Gasteiger partial charge on any atom is 0.262 e. The van der Waals surface area contributed by atoms with Gasteiger partial charge in [-0.15, -0.1) is 0 Å². The monoisotopic (exact) mass is 461 g/mol. The number of benzene rings is 2. The van der Waals surface area contributed by atoms with E-state index in [-0.39, 0.29) is 24.3 Å². The first-order valence-electron chi connectivity index (χ1n) is 10.6. The minimum Gasteiger partial charge on any atom is -0.497 e. The van der Waals surface area contributed by atoms with Gasteiger partial charge in [-0.05, 0) is 74.0 Å². The third kappa shape index (κ3) is 4.61. The largest absolute Gasteiger partial charge is 0.497 e. The maximum atomic E-state index is 13.4. The van der Waals surface area contributed by atoms with Gasteiger partial charge in [-0.1, -0.05) is 17.7 Å². The third-order valence-corrected chi connectivity index (χ3v) is 5.93. The number of carbonyl (C=O) groups is 2. The first-order valence-corrected chi connectivity index (χ1v) is 11.0. The van der Waals surface area contributed by atoms with E-state index in [4.69, 9.17) is 16.3 Å². The Balaban J connectivity index is 1.71. The van der Waals surface area contributed by atoms with Crippen molar-refractivity contribution in [1.82, 2.24) is 14.9 Å². The van der Waals surface area contributed by atoms with E-state index in [1.807, 2.05) is 44.2 Å². The van der Waals surface area contributed by atoms with Gasteiger partial charge in [-0.25, -0.2) is 0 Å². The van der Waals surface area contributed by atoms with Crippen molar-refractivity contribution in [2.45, 2.75) is 26.3 Å². The van der Waals surface area contributed by atoms with E-state index in [1.165, 1.54) is 0 Å². The van der Waals surface area contributed by atoms with Gasteiger partial charge in [0.15, 0.2) is 0 Å². The summed E-state index contributed by atoms with van der Waals surface area (Å²) in [6, 6.07) is 17.6. The Bertz CT molecular complexity index is 1310. The number of fused-ring (bicyclic) bond motifs is 1. The van der Waals surface area contributed by atoms with Crippen LogP contribution in [0.1, 0.15) is 40.3 Å². The summed E-state index contributed by atoms with van der Waals surface area (Å²) in [5.41, 5.74) is 3.49. The molecule has 0 aliphatic rings. The van der Waals surface area contributed by atoms with Gasteiger partial charge in [0.1, 0.15) is 5.75 Å². The first kappa shape index (κ1) is 22.6. The smallest absolute Gasteiger partial charge is 0.262 e. The number of hydrogen-bond acceptors (Lipinski definition) is 4. The predicted molar refractivity (Wildman–Crippen MR) is 129 cm³/mol. The quantitative estimate of drug-likeness (QED) is 0.432. The summed E-state index contributed by atoms with van der Waals surface area (Å²) in [7, 11) is 1.59. The molecule has 4 aromatic rings. The van der Waals surface area contributed by atoms with E-state index in [1.54, 1.807) is 48.2 Å². The topological polar surface area (TPSA) is 73.2 Å². The van der Waals surface area contributed by atoms with Crippen molar-refractivity contribution in [2.24, 2.45) is 0 Å². The van der Waals surface area contributed by atoms with Gasteiger partial charge in [0.25, 0.3) is 5.91 Å². The van der Waals surface area contributed by atoms with Gasteiger partial charge in [0.05, 0.1) is 30.8 Å². The van der Waals surface area contributed by atoms with Crippen LogP contribution in [-0.4, -0.2) is 28.5 Å². The van der Waals surface area contributed by atoms with E-state index >= 15 is 0 Å². The van der Waals surface area contributed by atoms with E-state index in [0.29, 0.717) is 27.5 Å². The van der Waals surface area contributed by atoms with Gasteiger partial charge >= 0.3 is 0 Å². The second kappa shape index (κ2) is 9.46. The molecule has 6 nitrogen and oxygen atoms in total. The lowest BCUT2D eigenvalue weighted by Crippen LogP contribution is -2.28. The molecule has 1 unspecified atom stereocenters. The number of amides is 1. The van der Waals surface area contributed by atoms with Crippen LogP contribution in [0.25, 0.3) is 10.9 Å².